The van der Waals surface area contributed by atoms with Crippen molar-refractivity contribution >= 4 is 29.0 Å². The van der Waals surface area contributed by atoms with Crippen LogP contribution in [0.1, 0.15) is 18.8 Å². The second-order valence-corrected chi connectivity index (χ2v) is 5.54. The molecule has 1 saturated heterocycles. The molecule has 0 radical (unpaired) electrons. The highest BCUT2D eigenvalue weighted by atomic mass is 16.7. The van der Waals surface area contributed by atoms with E-state index in [1.54, 1.807) is 30.3 Å². The Bertz CT molecular complexity index is 755. The van der Waals surface area contributed by atoms with Crippen LogP contribution in [0.25, 0.3) is 0 Å². The lowest BCUT2D eigenvalue weighted by Gasteiger charge is -2.12. The van der Waals surface area contributed by atoms with Crippen molar-refractivity contribution in [2.75, 3.05) is 29.2 Å². The zero-order chi connectivity index (χ0) is 17.6. The fourth-order valence-electron chi connectivity index (χ4n) is 2.45. The van der Waals surface area contributed by atoms with Gasteiger partial charge < -0.3 is 25.4 Å². The molecule has 7 nitrogen and oxygen atoms in total. The van der Waals surface area contributed by atoms with Gasteiger partial charge in [0.25, 0.3) is 0 Å². The van der Waals surface area contributed by atoms with Crippen LogP contribution in [0.3, 0.4) is 0 Å². The summed E-state index contributed by atoms with van der Waals surface area (Å²) in [6.07, 6.45) is -0.383. The number of hydrogen-bond donors (Lipinski definition) is 3. The molecule has 25 heavy (non-hydrogen) atoms. The maximum absolute atomic E-state index is 12.1. The summed E-state index contributed by atoms with van der Waals surface area (Å²) >= 11 is 0. The second-order valence-electron chi connectivity index (χ2n) is 5.54. The summed E-state index contributed by atoms with van der Waals surface area (Å²) in [5.74, 6) is -0.145. The van der Waals surface area contributed by atoms with Crippen molar-refractivity contribution < 1.29 is 19.1 Å². The quantitative estimate of drug-likeness (QED) is 0.796. The van der Waals surface area contributed by atoms with Gasteiger partial charge in [-0.3, -0.25) is 4.79 Å². The van der Waals surface area contributed by atoms with Crippen molar-refractivity contribution in [3.8, 4) is 0 Å². The first-order chi connectivity index (χ1) is 12.1. The summed E-state index contributed by atoms with van der Waals surface area (Å²) in [4.78, 5) is 23.1. The zero-order valence-corrected chi connectivity index (χ0v) is 13.7. The molecule has 0 aromatic heterocycles. The van der Waals surface area contributed by atoms with E-state index >= 15 is 0 Å². The van der Waals surface area contributed by atoms with Crippen molar-refractivity contribution in [2.24, 2.45) is 0 Å². The van der Waals surface area contributed by atoms with Crippen LogP contribution in [0.4, 0.5) is 21.9 Å². The van der Waals surface area contributed by atoms with E-state index in [-0.39, 0.29) is 18.2 Å². The van der Waals surface area contributed by atoms with Crippen molar-refractivity contribution in [2.45, 2.75) is 13.2 Å². The molecule has 2 aromatic rings. The van der Waals surface area contributed by atoms with E-state index < -0.39 is 0 Å². The number of carbonyl (C=O) groups excluding carboxylic acids is 2. The van der Waals surface area contributed by atoms with E-state index in [4.69, 9.17) is 9.47 Å². The van der Waals surface area contributed by atoms with Crippen LogP contribution in [0.15, 0.2) is 48.5 Å². The number of rotatable bonds is 4. The highest BCUT2D eigenvalue weighted by Gasteiger charge is 2.18. The normalized spacial score (nSPS) is 14.1. The van der Waals surface area contributed by atoms with Gasteiger partial charge in [-0.15, -0.1) is 0 Å². The number of benzene rings is 2. The third-order valence-corrected chi connectivity index (χ3v) is 3.50. The lowest BCUT2D eigenvalue weighted by atomic mass is 10.2. The molecular weight excluding hydrogens is 322 g/mol. The van der Waals surface area contributed by atoms with Gasteiger partial charge in [-0.05, 0) is 36.4 Å². The molecule has 130 valence electrons. The number of anilines is 3. The molecule has 0 bridgehead atoms. The van der Waals surface area contributed by atoms with E-state index in [0.29, 0.717) is 30.3 Å². The minimum atomic E-state index is -0.383. The molecule has 7 heteroatoms. The lowest BCUT2D eigenvalue weighted by molar-refractivity contribution is -0.114. The van der Waals surface area contributed by atoms with E-state index in [2.05, 4.69) is 16.0 Å². The van der Waals surface area contributed by atoms with Gasteiger partial charge in [-0.25, -0.2) is 4.79 Å². The molecule has 2 aromatic carbocycles. The van der Waals surface area contributed by atoms with Crippen LogP contribution in [-0.2, 0) is 14.3 Å². The standard InChI is InChI=1S/C18H19N3O4/c1-12(22)19-14-5-7-15(8-6-14)20-18(23)21-16-4-2-3-13(11-16)17-24-9-10-25-17/h2-8,11,17H,9-10H2,1H3,(H,19,22)(H2,20,21,23). The van der Waals surface area contributed by atoms with Crippen LogP contribution in [0.2, 0.25) is 0 Å². The number of ether oxygens (including phenoxy) is 2. The summed E-state index contributed by atoms with van der Waals surface area (Å²) in [6.45, 7) is 2.57. The average Bonchev–Trinajstić information content (AvgIpc) is 3.11. The monoisotopic (exact) mass is 341 g/mol. The van der Waals surface area contributed by atoms with Crippen molar-refractivity contribution in [3.05, 3.63) is 54.1 Å². The third kappa shape index (κ3) is 4.79. The van der Waals surface area contributed by atoms with Crippen LogP contribution in [0.5, 0.6) is 0 Å². The van der Waals surface area contributed by atoms with E-state index in [9.17, 15) is 9.59 Å². The molecule has 1 aliphatic heterocycles. The average molecular weight is 341 g/mol. The number of nitrogens with one attached hydrogen (secondary N) is 3. The SMILES string of the molecule is CC(=O)Nc1ccc(NC(=O)Nc2cccc(C3OCCO3)c2)cc1. The zero-order valence-electron chi connectivity index (χ0n) is 13.7. The van der Waals surface area contributed by atoms with Gasteiger partial charge in [0.2, 0.25) is 5.91 Å². The van der Waals surface area contributed by atoms with Crippen LogP contribution in [0, 0.1) is 0 Å². The molecule has 0 saturated carbocycles. The largest absolute Gasteiger partial charge is 0.346 e. The Morgan fingerprint density at radius 2 is 1.48 bits per heavy atom. The van der Waals surface area contributed by atoms with Crippen LogP contribution < -0.4 is 16.0 Å². The molecule has 3 rings (SSSR count). The fourth-order valence-corrected chi connectivity index (χ4v) is 2.45. The Morgan fingerprint density at radius 1 is 0.880 bits per heavy atom. The van der Waals surface area contributed by atoms with E-state index in [0.717, 1.165) is 5.56 Å². The number of carbonyl (C=O) groups is 2. The van der Waals surface area contributed by atoms with Gasteiger partial charge in [0, 0.05) is 29.5 Å². The van der Waals surface area contributed by atoms with Crippen molar-refractivity contribution in [1.29, 1.82) is 0 Å². The summed E-state index contributed by atoms with van der Waals surface area (Å²) in [5.41, 5.74) is 2.78. The van der Waals surface area contributed by atoms with Crippen molar-refractivity contribution in [1.82, 2.24) is 0 Å². The Labute approximate surface area is 145 Å². The number of urea groups is 1. The molecule has 0 aliphatic carbocycles. The Hall–Kier alpha value is -2.90. The molecule has 3 amide bonds. The summed E-state index contributed by atoms with van der Waals surface area (Å²) < 4.78 is 10.9. The fraction of sp³-hybridized carbons (Fsp3) is 0.222. The molecule has 1 aliphatic rings. The minimum Gasteiger partial charge on any atom is -0.346 e. The molecular formula is C18H19N3O4. The van der Waals surface area contributed by atoms with Gasteiger partial charge in [-0.2, -0.15) is 0 Å². The third-order valence-electron chi connectivity index (χ3n) is 3.50. The molecule has 0 atom stereocenters. The molecule has 0 spiro atoms. The van der Waals surface area contributed by atoms with Crippen molar-refractivity contribution in [3.63, 3.8) is 0 Å². The first-order valence-electron chi connectivity index (χ1n) is 7.89. The Morgan fingerprint density at radius 3 is 2.12 bits per heavy atom. The lowest BCUT2D eigenvalue weighted by Crippen LogP contribution is -2.19. The van der Waals surface area contributed by atoms with Crippen LogP contribution in [-0.4, -0.2) is 25.2 Å². The smallest absolute Gasteiger partial charge is 0.323 e. The first-order valence-corrected chi connectivity index (χ1v) is 7.89. The maximum Gasteiger partial charge on any atom is 0.323 e. The molecule has 1 fully saturated rings. The summed E-state index contributed by atoms with van der Waals surface area (Å²) in [5, 5.41) is 8.17. The minimum absolute atomic E-state index is 0.145. The van der Waals surface area contributed by atoms with Gasteiger partial charge in [-0.1, -0.05) is 12.1 Å². The van der Waals surface area contributed by atoms with E-state index in [1.165, 1.54) is 6.92 Å². The van der Waals surface area contributed by atoms with Gasteiger partial charge in [0.1, 0.15) is 0 Å². The van der Waals surface area contributed by atoms with Gasteiger partial charge >= 0.3 is 6.03 Å². The van der Waals surface area contributed by atoms with Crippen LogP contribution >= 0.6 is 0 Å². The highest BCUT2D eigenvalue weighted by Crippen LogP contribution is 2.25. The highest BCUT2D eigenvalue weighted by molar-refractivity contribution is 6.00. The maximum atomic E-state index is 12.1. The topological polar surface area (TPSA) is 88.7 Å². The molecule has 3 N–H and O–H groups in total. The Balaban J connectivity index is 1.58. The molecule has 1 heterocycles. The number of amides is 3. The first kappa shape index (κ1) is 16.9. The Kier molecular flexibility index (Phi) is 5.27. The number of hydrogen-bond acceptors (Lipinski definition) is 4. The van der Waals surface area contributed by atoms with E-state index in [1.807, 2.05) is 18.2 Å². The predicted molar refractivity (Wildman–Crippen MR) is 94.5 cm³/mol. The predicted octanol–water partition coefficient (Wildman–Crippen LogP) is 3.33. The molecule has 0 unspecified atom stereocenters. The summed E-state index contributed by atoms with van der Waals surface area (Å²) in [6, 6.07) is 13.8. The van der Waals surface area contributed by atoms with Gasteiger partial charge in [0.15, 0.2) is 6.29 Å². The summed E-state index contributed by atoms with van der Waals surface area (Å²) in [7, 11) is 0. The second kappa shape index (κ2) is 7.78. The van der Waals surface area contributed by atoms with Gasteiger partial charge in [0.05, 0.1) is 13.2 Å².